The quantitative estimate of drug-likeness (QED) is 0.627. The molecule has 0 saturated heterocycles. The molecule has 0 aliphatic heterocycles. The fourth-order valence-corrected chi connectivity index (χ4v) is 2.82. The molecule has 1 aromatic heterocycles. The van der Waals surface area contributed by atoms with Gasteiger partial charge in [-0.1, -0.05) is 25.1 Å². The number of hydrogen-bond donors (Lipinski definition) is 2. The first kappa shape index (κ1) is 19.2. The summed E-state index contributed by atoms with van der Waals surface area (Å²) in [5.74, 6) is 1.67. The maximum Gasteiger partial charge on any atom is 0.255 e. The Bertz CT molecular complexity index is 973. The van der Waals surface area contributed by atoms with Crippen LogP contribution in [-0.4, -0.2) is 25.1 Å². The second-order valence-electron chi connectivity index (χ2n) is 6.09. The number of anilines is 3. The predicted molar refractivity (Wildman–Crippen MR) is 111 cm³/mol. The monoisotopic (exact) mass is 377 g/mol. The van der Waals surface area contributed by atoms with Gasteiger partial charge in [-0.05, 0) is 42.3 Å². The summed E-state index contributed by atoms with van der Waals surface area (Å²) < 4.78 is 10.6. The average molecular weight is 377 g/mol. The second kappa shape index (κ2) is 8.90. The minimum atomic E-state index is -0.187. The number of para-hydroxylation sites is 1. The summed E-state index contributed by atoms with van der Waals surface area (Å²) in [5.41, 5.74) is 3.14. The number of benzene rings is 2. The Kier molecular flexibility index (Phi) is 6.11. The summed E-state index contributed by atoms with van der Waals surface area (Å²) >= 11 is 0. The molecule has 0 bridgehead atoms. The van der Waals surface area contributed by atoms with Gasteiger partial charge in [0.25, 0.3) is 5.91 Å². The normalized spacial score (nSPS) is 10.2. The number of carbonyl (C=O) groups excluding carboxylic acids is 1. The van der Waals surface area contributed by atoms with Crippen molar-refractivity contribution in [3.63, 3.8) is 0 Å². The molecule has 3 aromatic rings. The highest BCUT2D eigenvalue weighted by Gasteiger charge is 2.11. The zero-order valence-corrected chi connectivity index (χ0v) is 16.2. The number of nitrogens with zero attached hydrogens (tertiary/aromatic N) is 1. The van der Waals surface area contributed by atoms with Gasteiger partial charge < -0.3 is 20.1 Å². The van der Waals surface area contributed by atoms with Crippen molar-refractivity contribution in [2.24, 2.45) is 0 Å². The van der Waals surface area contributed by atoms with Crippen LogP contribution < -0.4 is 20.1 Å². The largest absolute Gasteiger partial charge is 0.497 e. The van der Waals surface area contributed by atoms with Crippen LogP contribution in [0.3, 0.4) is 0 Å². The van der Waals surface area contributed by atoms with Crippen LogP contribution in [0.15, 0.2) is 60.8 Å². The average Bonchev–Trinajstić information content (AvgIpc) is 2.74. The smallest absolute Gasteiger partial charge is 0.255 e. The van der Waals surface area contributed by atoms with E-state index < -0.39 is 0 Å². The van der Waals surface area contributed by atoms with E-state index in [9.17, 15) is 4.79 Å². The van der Waals surface area contributed by atoms with Crippen molar-refractivity contribution in [2.75, 3.05) is 24.9 Å². The number of carbonyl (C=O) groups is 1. The van der Waals surface area contributed by atoms with Crippen molar-refractivity contribution in [1.29, 1.82) is 0 Å². The molecule has 0 fully saturated rings. The minimum absolute atomic E-state index is 0.187. The van der Waals surface area contributed by atoms with Gasteiger partial charge in [0.1, 0.15) is 17.3 Å². The van der Waals surface area contributed by atoms with E-state index in [0.717, 1.165) is 23.4 Å². The third kappa shape index (κ3) is 4.40. The lowest BCUT2D eigenvalue weighted by Gasteiger charge is -2.13. The first-order valence-electron chi connectivity index (χ1n) is 8.99. The molecule has 0 aliphatic carbocycles. The second-order valence-corrected chi connectivity index (χ2v) is 6.09. The molecular formula is C22H23N3O3. The van der Waals surface area contributed by atoms with Crippen LogP contribution >= 0.6 is 0 Å². The number of hydrogen-bond acceptors (Lipinski definition) is 5. The number of amides is 1. The zero-order valence-electron chi connectivity index (χ0n) is 16.2. The Balaban J connectivity index is 1.80. The van der Waals surface area contributed by atoms with Crippen molar-refractivity contribution in [2.45, 2.75) is 13.3 Å². The Morgan fingerprint density at radius 3 is 2.57 bits per heavy atom. The Labute approximate surface area is 164 Å². The fraction of sp³-hybridized carbons (Fsp3) is 0.182. The lowest BCUT2D eigenvalue weighted by molar-refractivity contribution is 0.102. The summed E-state index contributed by atoms with van der Waals surface area (Å²) in [4.78, 5) is 17.0. The van der Waals surface area contributed by atoms with Gasteiger partial charge in [0.05, 0.1) is 19.9 Å². The van der Waals surface area contributed by atoms with Crippen LogP contribution in [0.2, 0.25) is 0 Å². The number of ether oxygens (including phenoxy) is 2. The van der Waals surface area contributed by atoms with E-state index in [2.05, 4.69) is 22.5 Å². The number of nitrogens with one attached hydrogen (secondary N) is 2. The molecule has 0 spiro atoms. The van der Waals surface area contributed by atoms with Crippen molar-refractivity contribution < 1.29 is 14.3 Å². The molecule has 0 saturated carbocycles. The molecule has 0 unspecified atom stereocenters. The molecular weight excluding hydrogens is 354 g/mol. The topological polar surface area (TPSA) is 72.5 Å². The predicted octanol–water partition coefficient (Wildman–Crippen LogP) is 4.66. The summed E-state index contributed by atoms with van der Waals surface area (Å²) in [6, 6.07) is 16.6. The number of aromatic nitrogens is 1. The third-order valence-corrected chi connectivity index (χ3v) is 4.34. The molecule has 1 heterocycles. The van der Waals surface area contributed by atoms with Gasteiger partial charge in [-0.25, -0.2) is 4.98 Å². The number of pyridine rings is 1. The Morgan fingerprint density at radius 2 is 1.82 bits per heavy atom. The molecule has 6 nitrogen and oxygen atoms in total. The number of aryl methyl sites for hydroxylation is 1. The van der Waals surface area contributed by atoms with Gasteiger partial charge in [0, 0.05) is 23.5 Å². The standard InChI is InChI=1S/C22H23N3O3/c1-4-15-7-5-6-8-18(15)25-22(26)16-11-12-23-21(13-16)24-19-10-9-17(27-2)14-20(19)28-3/h5-14H,4H2,1-3H3,(H,23,24)(H,25,26). The van der Waals surface area contributed by atoms with E-state index in [4.69, 9.17) is 9.47 Å². The van der Waals surface area contributed by atoms with Gasteiger partial charge in [0.15, 0.2) is 0 Å². The van der Waals surface area contributed by atoms with E-state index in [0.29, 0.717) is 22.9 Å². The maximum atomic E-state index is 12.7. The Hall–Kier alpha value is -3.54. The Morgan fingerprint density at radius 1 is 1.00 bits per heavy atom. The SMILES string of the molecule is CCc1ccccc1NC(=O)c1ccnc(Nc2ccc(OC)cc2OC)c1. The van der Waals surface area contributed by atoms with E-state index in [1.54, 1.807) is 38.6 Å². The van der Waals surface area contributed by atoms with Crippen LogP contribution in [0.1, 0.15) is 22.8 Å². The molecule has 0 aliphatic rings. The number of rotatable bonds is 7. The molecule has 0 radical (unpaired) electrons. The minimum Gasteiger partial charge on any atom is -0.497 e. The lowest BCUT2D eigenvalue weighted by atomic mass is 10.1. The zero-order chi connectivity index (χ0) is 19.9. The lowest BCUT2D eigenvalue weighted by Crippen LogP contribution is -2.13. The highest BCUT2D eigenvalue weighted by atomic mass is 16.5. The fourth-order valence-electron chi connectivity index (χ4n) is 2.82. The summed E-state index contributed by atoms with van der Waals surface area (Å²) in [5, 5.41) is 6.16. The third-order valence-electron chi connectivity index (χ3n) is 4.34. The summed E-state index contributed by atoms with van der Waals surface area (Å²) in [6.07, 6.45) is 2.44. The van der Waals surface area contributed by atoms with Crippen molar-refractivity contribution >= 4 is 23.1 Å². The van der Waals surface area contributed by atoms with Gasteiger partial charge >= 0.3 is 0 Å². The highest BCUT2D eigenvalue weighted by molar-refractivity contribution is 6.05. The van der Waals surface area contributed by atoms with Crippen molar-refractivity contribution in [1.82, 2.24) is 4.98 Å². The van der Waals surface area contributed by atoms with Crippen molar-refractivity contribution in [3.05, 3.63) is 71.9 Å². The first-order chi connectivity index (χ1) is 13.6. The van der Waals surface area contributed by atoms with Crippen LogP contribution in [-0.2, 0) is 6.42 Å². The molecule has 1 amide bonds. The molecule has 2 aromatic carbocycles. The molecule has 28 heavy (non-hydrogen) atoms. The first-order valence-corrected chi connectivity index (χ1v) is 8.99. The number of methoxy groups -OCH3 is 2. The highest BCUT2D eigenvalue weighted by Crippen LogP contribution is 2.31. The molecule has 6 heteroatoms. The van der Waals surface area contributed by atoms with E-state index >= 15 is 0 Å². The molecule has 144 valence electrons. The molecule has 3 rings (SSSR count). The summed E-state index contributed by atoms with van der Waals surface area (Å²) in [6.45, 7) is 2.06. The van der Waals surface area contributed by atoms with Gasteiger partial charge in [-0.3, -0.25) is 4.79 Å². The van der Waals surface area contributed by atoms with Crippen LogP contribution in [0.25, 0.3) is 0 Å². The van der Waals surface area contributed by atoms with Crippen LogP contribution in [0.4, 0.5) is 17.2 Å². The van der Waals surface area contributed by atoms with E-state index in [1.807, 2.05) is 36.4 Å². The maximum absolute atomic E-state index is 12.7. The van der Waals surface area contributed by atoms with Crippen LogP contribution in [0.5, 0.6) is 11.5 Å². The van der Waals surface area contributed by atoms with Crippen molar-refractivity contribution in [3.8, 4) is 11.5 Å². The van der Waals surface area contributed by atoms with Gasteiger partial charge in [-0.2, -0.15) is 0 Å². The van der Waals surface area contributed by atoms with Crippen LogP contribution in [0, 0.1) is 0 Å². The molecule has 0 atom stereocenters. The van der Waals surface area contributed by atoms with Gasteiger partial charge in [0.2, 0.25) is 0 Å². The van der Waals surface area contributed by atoms with Gasteiger partial charge in [-0.15, -0.1) is 0 Å². The summed E-state index contributed by atoms with van der Waals surface area (Å²) in [7, 11) is 3.19. The van der Waals surface area contributed by atoms with E-state index in [-0.39, 0.29) is 5.91 Å². The van der Waals surface area contributed by atoms with E-state index in [1.165, 1.54) is 0 Å². The molecule has 2 N–H and O–H groups in total.